The molecule has 3 N–H and O–H groups in total. The van der Waals surface area contributed by atoms with E-state index in [1.165, 1.54) is 21.3 Å². The Bertz CT molecular complexity index is 1220. The molecule has 0 saturated carbocycles. The van der Waals surface area contributed by atoms with Crippen LogP contribution in [0.4, 0.5) is 11.6 Å². The third-order valence-corrected chi connectivity index (χ3v) is 5.62. The lowest BCUT2D eigenvalue weighted by Gasteiger charge is -2.29. The van der Waals surface area contributed by atoms with Gasteiger partial charge < -0.3 is 30.0 Å². The zero-order valence-electron chi connectivity index (χ0n) is 20.0. The molecule has 35 heavy (non-hydrogen) atoms. The van der Waals surface area contributed by atoms with Crippen molar-refractivity contribution in [1.29, 1.82) is 0 Å². The molecule has 184 valence electrons. The summed E-state index contributed by atoms with van der Waals surface area (Å²) in [7, 11) is 4.60. The molecule has 0 saturated heterocycles. The highest BCUT2D eigenvalue weighted by Gasteiger charge is 2.35. The van der Waals surface area contributed by atoms with Gasteiger partial charge in [-0.1, -0.05) is 0 Å². The normalized spacial score (nSPS) is 14.7. The topological polar surface area (TPSA) is 133 Å². The number of rotatable bonds is 9. The average Bonchev–Trinajstić information content (AvgIpc) is 3.28. The summed E-state index contributed by atoms with van der Waals surface area (Å²) >= 11 is 0. The zero-order valence-corrected chi connectivity index (χ0v) is 20.0. The molecule has 1 aliphatic heterocycles. The van der Waals surface area contributed by atoms with Gasteiger partial charge in [-0.05, 0) is 43.2 Å². The van der Waals surface area contributed by atoms with E-state index < -0.39 is 6.04 Å². The van der Waals surface area contributed by atoms with E-state index >= 15 is 0 Å². The van der Waals surface area contributed by atoms with Crippen LogP contribution >= 0.6 is 0 Å². The summed E-state index contributed by atoms with van der Waals surface area (Å²) in [5.74, 6) is 2.07. The molecule has 11 nitrogen and oxygen atoms in total. The molecule has 0 spiro atoms. The zero-order chi connectivity index (χ0) is 24.9. The predicted molar refractivity (Wildman–Crippen MR) is 129 cm³/mol. The number of hydrogen-bond acceptors (Lipinski definition) is 9. The minimum absolute atomic E-state index is 0.0314. The van der Waals surface area contributed by atoms with Gasteiger partial charge in [0.25, 0.3) is 5.91 Å². The Kier molecular flexibility index (Phi) is 7.16. The molecule has 0 aliphatic carbocycles. The van der Waals surface area contributed by atoms with Crippen LogP contribution < -0.4 is 24.8 Å². The van der Waals surface area contributed by atoms with Crippen LogP contribution in [0.25, 0.3) is 0 Å². The van der Waals surface area contributed by atoms with Crippen molar-refractivity contribution in [1.82, 2.24) is 19.7 Å². The summed E-state index contributed by atoms with van der Waals surface area (Å²) in [6, 6.07) is 6.45. The third kappa shape index (κ3) is 4.76. The van der Waals surface area contributed by atoms with Gasteiger partial charge in [-0.3, -0.25) is 9.78 Å². The molecule has 0 radical (unpaired) electrons. The standard InChI is InChI=1S/C24H28N6O5/c1-14-20(23(32)27-16-7-5-9-25-13-16)21(30-24(26-14)28-19(29-30)8-6-10-31)15-11-17(33-2)22(35-4)18(12-15)34-3/h5,7,9,11-13,21,31H,6,8,10H2,1-4H3,(H,27,32)(H,26,28,29)/t21-/m0/s1. The summed E-state index contributed by atoms with van der Waals surface area (Å²) < 4.78 is 18.3. The molecular weight excluding hydrogens is 452 g/mol. The van der Waals surface area contributed by atoms with Crippen LogP contribution in [0.1, 0.15) is 30.8 Å². The van der Waals surface area contributed by atoms with E-state index in [2.05, 4.69) is 25.7 Å². The maximum absolute atomic E-state index is 13.6. The van der Waals surface area contributed by atoms with E-state index in [4.69, 9.17) is 14.2 Å². The van der Waals surface area contributed by atoms with Crippen LogP contribution in [0.15, 0.2) is 47.9 Å². The molecule has 4 rings (SSSR count). The fourth-order valence-corrected chi connectivity index (χ4v) is 4.03. The molecule has 0 fully saturated rings. The number of ether oxygens (including phenoxy) is 3. The van der Waals surface area contributed by atoms with Crippen LogP contribution in [-0.4, -0.2) is 58.7 Å². The van der Waals surface area contributed by atoms with Crippen LogP contribution in [0.3, 0.4) is 0 Å². The quantitative estimate of drug-likeness (QED) is 0.423. The summed E-state index contributed by atoms with van der Waals surface area (Å²) in [6.07, 6.45) is 4.23. The molecule has 1 aromatic carbocycles. The highest BCUT2D eigenvalue weighted by atomic mass is 16.5. The van der Waals surface area contributed by atoms with Gasteiger partial charge in [0.2, 0.25) is 11.7 Å². The number of pyridine rings is 1. The van der Waals surface area contributed by atoms with Gasteiger partial charge in [0, 0.05) is 24.9 Å². The SMILES string of the molecule is COc1cc([C@H]2C(C(=O)Nc3cccnc3)=C(C)Nc3nc(CCCO)nn32)cc(OC)c1OC. The van der Waals surface area contributed by atoms with Crippen LogP contribution in [0, 0.1) is 0 Å². The molecule has 11 heteroatoms. The Balaban J connectivity index is 1.85. The molecule has 0 bridgehead atoms. The number of nitrogens with zero attached hydrogens (tertiary/aromatic N) is 4. The van der Waals surface area contributed by atoms with Crippen LogP contribution in [0.2, 0.25) is 0 Å². The summed E-state index contributed by atoms with van der Waals surface area (Å²) in [6.45, 7) is 1.85. The summed E-state index contributed by atoms with van der Waals surface area (Å²) in [5, 5.41) is 20.0. The maximum Gasteiger partial charge on any atom is 0.255 e. The van der Waals surface area contributed by atoms with Gasteiger partial charge in [-0.25, -0.2) is 4.68 Å². The summed E-state index contributed by atoms with van der Waals surface area (Å²) in [5.41, 5.74) is 2.32. The number of benzene rings is 1. The maximum atomic E-state index is 13.6. The number of aromatic nitrogens is 4. The Hall–Kier alpha value is -4.12. The van der Waals surface area contributed by atoms with E-state index in [9.17, 15) is 9.90 Å². The first-order valence-corrected chi connectivity index (χ1v) is 11.1. The smallest absolute Gasteiger partial charge is 0.255 e. The third-order valence-electron chi connectivity index (χ3n) is 5.62. The number of aryl methyl sites for hydroxylation is 1. The van der Waals surface area contributed by atoms with Gasteiger partial charge in [0.15, 0.2) is 17.3 Å². The predicted octanol–water partition coefficient (Wildman–Crippen LogP) is 2.55. The van der Waals surface area contributed by atoms with Gasteiger partial charge in [-0.15, -0.1) is 0 Å². The molecule has 1 atom stereocenters. The van der Waals surface area contributed by atoms with Crippen molar-refractivity contribution in [2.45, 2.75) is 25.8 Å². The van der Waals surface area contributed by atoms with Crippen molar-refractivity contribution in [3.8, 4) is 17.2 Å². The van der Waals surface area contributed by atoms with Crippen LogP contribution in [-0.2, 0) is 11.2 Å². The van der Waals surface area contributed by atoms with Gasteiger partial charge in [0.05, 0.1) is 38.8 Å². The Morgan fingerprint density at radius 3 is 2.54 bits per heavy atom. The largest absolute Gasteiger partial charge is 0.493 e. The first-order chi connectivity index (χ1) is 17.0. The van der Waals surface area contributed by atoms with E-state index in [1.807, 2.05) is 6.92 Å². The molecule has 3 aromatic rings. The molecule has 1 amide bonds. The monoisotopic (exact) mass is 480 g/mol. The number of fused-ring (bicyclic) bond motifs is 1. The van der Waals surface area contributed by atoms with Crippen molar-refractivity contribution in [3.05, 3.63) is 59.3 Å². The van der Waals surface area contributed by atoms with Crippen molar-refractivity contribution < 1.29 is 24.1 Å². The Morgan fingerprint density at radius 1 is 1.20 bits per heavy atom. The number of anilines is 2. The lowest BCUT2D eigenvalue weighted by atomic mass is 9.94. The minimum atomic E-state index is -0.646. The first-order valence-electron chi connectivity index (χ1n) is 11.1. The highest BCUT2D eigenvalue weighted by molar-refractivity contribution is 6.06. The number of carbonyl (C=O) groups excluding carboxylic acids is 1. The second kappa shape index (κ2) is 10.4. The van der Waals surface area contributed by atoms with Crippen molar-refractivity contribution in [3.63, 3.8) is 0 Å². The van der Waals surface area contributed by atoms with E-state index in [1.54, 1.807) is 41.3 Å². The molecule has 3 heterocycles. The Morgan fingerprint density at radius 2 is 1.94 bits per heavy atom. The minimum Gasteiger partial charge on any atom is -0.493 e. The van der Waals surface area contributed by atoms with Gasteiger partial charge in [0.1, 0.15) is 6.04 Å². The number of nitrogens with one attached hydrogen (secondary N) is 2. The lowest BCUT2D eigenvalue weighted by Crippen LogP contribution is -2.31. The van der Waals surface area contributed by atoms with Gasteiger partial charge >= 0.3 is 0 Å². The first kappa shape index (κ1) is 24.0. The number of carbonyl (C=O) groups is 1. The molecule has 1 aliphatic rings. The lowest BCUT2D eigenvalue weighted by molar-refractivity contribution is -0.113. The van der Waals surface area contributed by atoms with E-state index in [-0.39, 0.29) is 12.5 Å². The highest BCUT2D eigenvalue weighted by Crippen LogP contribution is 2.44. The van der Waals surface area contributed by atoms with Gasteiger partial charge in [-0.2, -0.15) is 10.1 Å². The fraction of sp³-hybridized carbons (Fsp3) is 0.333. The molecular formula is C24H28N6O5. The van der Waals surface area contributed by atoms with E-state index in [0.717, 1.165) is 0 Å². The molecule has 0 unspecified atom stereocenters. The second-order valence-corrected chi connectivity index (χ2v) is 7.84. The van der Waals surface area contributed by atoms with Crippen molar-refractivity contribution >= 4 is 17.5 Å². The average molecular weight is 481 g/mol. The molecule has 2 aromatic heterocycles. The number of methoxy groups -OCH3 is 3. The summed E-state index contributed by atoms with van der Waals surface area (Å²) in [4.78, 5) is 22.2. The fourth-order valence-electron chi connectivity index (χ4n) is 4.03. The van der Waals surface area contributed by atoms with Crippen molar-refractivity contribution in [2.24, 2.45) is 0 Å². The van der Waals surface area contributed by atoms with E-state index in [0.29, 0.717) is 64.4 Å². The second-order valence-electron chi connectivity index (χ2n) is 7.84. The van der Waals surface area contributed by atoms with Crippen molar-refractivity contribution in [2.75, 3.05) is 38.6 Å². The number of aliphatic hydroxyl groups excluding tert-OH is 1. The number of aliphatic hydroxyl groups is 1. The number of amides is 1. The Labute approximate surface area is 202 Å². The number of allylic oxidation sites excluding steroid dienone is 1. The van der Waals surface area contributed by atoms with Crippen LogP contribution in [0.5, 0.6) is 17.2 Å². The number of hydrogen-bond donors (Lipinski definition) is 3.